The molecule has 13 nitrogen and oxygen atoms in total. The third kappa shape index (κ3) is 12.5. The van der Waals surface area contributed by atoms with Gasteiger partial charge in [-0.1, -0.05) is 78.3 Å². The predicted molar refractivity (Wildman–Crippen MR) is 209 cm³/mol. The van der Waals surface area contributed by atoms with E-state index in [1.807, 2.05) is 65.0 Å². The van der Waals surface area contributed by atoms with Crippen molar-refractivity contribution in [2.45, 2.75) is 136 Å². The quantitative estimate of drug-likeness (QED) is 0.150. The summed E-state index contributed by atoms with van der Waals surface area (Å²) < 4.78 is 16.9. The van der Waals surface area contributed by atoms with E-state index in [4.69, 9.17) is 14.2 Å². The monoisotopic (exact) mass is 760 g/mol. The van der Waals surface area contributed by atoms with Crippen molar-refractivity contribution in [2.24, 2.45) is 17.8 Å². The molecule has 3 N–H and O–H groups in total. The highest BCUT2D eigenvalue weighted by molar-refractivity contribution is 5.92. The molecule has 0 bridgehead atoms. The van der Waals surface area contributed by atoms with Gasteiger partial charge in [-0.3, -0.25) is 19.2 Å². The predicted octanol–water partition coefficient (Wildman–Crippen LogP) is 3.73. The Morgan fingerprint density at radius 1 is 0.963 bits per heavy atom. The lowest BCUT2D eigenvalue weighted by Gasteiger charge is -2.41. The molecular weight excluding hydrogens is 690 g/mol. The zero-order valence-corrected chi connectivity index (χ0v) is 34.9. The van der Waals surface area contributed by atoms with E-state index in [2.05, 4.69) is 16.0 Å². The lowest BCUT2D eigenvalue weighted by atomic mass is 9.89. The third-order valence-corrected chi connectivity index (χ3v) is 10.9. The molecule has 2 rings (SSSR count). The van der Waals surface area contributed by atoms with Gasteiger partial charge in [0, 0.05) is 34.2 Å². The minimum atomic E-state index is -0.890. The minimum absolute atomic E-state index is 0.00476. The molecule has 1 heterocycles. The normalized spacial score (nSPS) is 18.5. The van der Waals surface area contributed by atoms with Crippen LogP contribution in [0.25, 0.3) is 0 Å². The van der Waals surface area contributed by atoms with Crippen LogP contribution in [0.5, 0.6) is 0 Å². The van der Waals surface area contributed by atoms with E-state index in [1.54, 1.807) is 44.7 Å². The molecule has 0 spiro atoms. The molecule has 1 fully saturated rings. The number of methoxy groups -OCH3 is 3. The number of carbonyl (C=O) groups excluding carboxylic acids is 5. The molecule has 8 atom stereocenters. The maximum atomic E-state index is 14.2. The SMILES string of the molecule is CCCNC(C)(C)C(=O)N[C@H](C(=O)N(C)[C@@H]([C@@H](C)CC)[C@@H](CC(=O)N1CCC[C@H]1[C@H](OC)[C@@H](C)C(=O)N[C@@H](Cc1ccccc1)C(=O)OC)OC)C(C)C. The maximum Gasteiger partial charge on any atom is 0.328 e. The van der Waals surface area contributed by atoms with Gasteiger partial charge >= 0.3 is 5.97 Å². The number of amides is 4. The molecule has 0 saturated carbocycles. The van der Waals surface area contributed by atoms with E-state index in [1.165, 1.54) is 14.2 Å². The average Bonchev–Trinajstić information content (AvgIpc) is 3.64. The van der Waals surface area contributed by atoms with Crippen molar-refractivity contribution in [3.63, 3.8) is 0 Å². The van der Waals surface area contributed by atoms with E-state index in [-0.39, 0.29) is 48.3 Å². The van der Waals surface area contributed by atoms with Crippen LogP contribution in [0.4, 0.5) is 0 Å². The van der Waals surface area contributed by atoms with Crippen molar-refractivity contribution in [3.05, 3.63) is 35.9 Å². The fourth-order valence-electron chi connectivity index (χ4n) is 7.37. The van der Waals surface area contributed by atoms with Gasteiger partial charge in [-0.2, -0.15) is 0 Å². The Morgan fingerprint density at radius 3 is 2.15 bits per heavy atom. The van der Waals surface area contributed by atoms with Crippen molar-refractivity contribution < 1.29 is 38.2 Å². The standard InChI is InChI=1S/C41H69N5O8/c1-13-22-42-41(7,8)40(51)44-34(26(3)4)38(49)45(9)35(27(5)14-2)32(52-10)25-33(47)46-23-18-21-31(46)36(53-11)28(6)37(48)43-30(39(50)54-12)24-29-19-16-15-17-20-29/h15-17,19-20,26-28,30-32,34-36,42H,13-14,18,21-25H2,1-12H3,(H,43,48)(H,44,51)/t27-,28+,30-,31-,32+,34-,35-,36+/m0/s1. The summed E-state index contributed by atoms with van der Waals surface area (Å²) in [5.74, 6) is -2.53. The molecule has 0 aliphatic carbocycles. The first-order valence-corrected chi connectivity index (χ1v) is 19.6. The van der Waals surface area contributed by atoms with Gasteiger partial charge in [0.25, 0.3) is 0 Å². The second kappa shape index (κ2) is 22.1. The van der Waals surface area contributed by atoms with Crippen molar-refractivity contribution in [3.8, 4) is 0 Å². The van der Waals surface area contributed by atoms with E-state index in [9.17, 15) is 24.0 Å². The number of nitrogens with zero attached hydrogens (tertiary/aromatic N) is 2. The van der Waals surface area contributed by atoms with Crippen LogP contribution >= 0.6 is 0 Å². The van der Waals surface area contributed by atoms with Crippen LogP contribution in [0.15, 0.2) is 30.3 Å². The molecule has 1 aromatic rings. The van der Waals surface area contributed by atoms with Crippen molar-refractivity contribution in [1.29, 1.82) is 0 Å². The molecule has 54 heavy (non-hydrogen) atoms. The van der Waals surface area contributed by atoms with E-state index < -0.39 is 53.8 Å². The maximum absolute atomic E-state index is 14.2. The fourth-order valence-corrected chi connectivity index (χ4v) is 7.37. The number of hydrogen-bond acceptors (Lipinski definition) is 9. The smallest absolute Gasteiger partial charge is 0.328 e. The summed E-state index contributed by atoms with van der Waals surface area (Å²) in [6.45, 7) is 16.4. The molecule has 0 unspecified atom stereocenters. The highest BCUT2D eigenvalue weighted by Gasteiger charge is 2.43. The summed E-state index contributed by atoms with van der Waals surface area (Å²) in [6.07, 6.45) is 1.94. The second-order valence-electron chi connectivity index (χ2n) is 15.6. The van der Waals surface area contributed by atoms with E-state index in [0.717, 1.165) is 24.8 Å². The van der Waals surface area contributed by atoms with E-state index >= 15 is 0 Å². The lowest BCUT2D eigenvalue weighted by molar-refractivity contribution is -0.149. The van der Waals surface area contributed by atoms with Gasteiger partial charge < -0.3 is 40.0 Å². The van der Waals surface area contributed by atoms with Gasteiger partial charge in [0.1, 0.15) is 12.1 Å². The Hall–Kier alpha value is -3.55. The number of likely N-dealkylation sites (tertiary alicyclic amines) is 1. The van der Waals surface area contributed by atoms with Gasteiger partial charge in [-0.25, -0.2) is 4.79 Å². The molecule has 1 aliphatic heterocycles. The summed E-state index contributed by atoms with van der Waals surface area (Å²) >= 11 is 0. The summed E-state index contributed by atoms with van der Waals surface area (Å²) in [5.41, 5.74) is 0.00978. The summed E-state index contributed by atoms with van der Waals surface area (Å²) in [5, 5.41) is 9.11. The number of ether oxygens (including phenoxy) is 3. The first kappa shape index (κ1) is 46.6. The zero-order valence-electron chi connectivity index (χ0n) is 34.9. The average molecular weight is 760 g/mol. The van der Waals surface area contributed by atoms with Gasteiger partial charge in [-0.15, -0.1) is 0 Å². The van der Waals surface area contributed by atoms with Crippen molar-refractivity contribution in [2.75, 3.05) is 41.5 Å². The van der Waals surface area contributed by atoms with Gasteiger partial charge in [0.2, 0.25) is 23.6 Å². The number of benzene rings is 1. The molecular formula is C41H69N5O8. The number of rotatable bonds is 22. The molecule has 0 aromatic heterocycles. The molecule has 1 saturated heterocycles. The first-order valence-electron chi connectivity index (χ1n) is 19.6. The van der Waals surface area contributed by atoms with Crippen LogP contribution in [-0.4, -0.2) is 123 Å². The highest BCUT2D eigenvalue weighted by atomic mass is 16.5. The summed E-state index contributed by atoms with van der Waals surface area (Å²) in [4.78, 5) is 71.5. The van der Waals surface area contributed by atoms with E-state index in [0.29, 0.717) is 19.5 Å². The number of carbonyl (C=O) groups is 5. The molecule has 4 amide bonds. The van der Waals surface area contributed by atoms with Crippen molar-refractivity contribution in [1.82, 2.24) is 25.8 Å². The topological polar surface area (TPSA) is 156 Å². The van der Waals surface area contributed by atoms with Crippen LogP contribution in [0, 0.1) is 17.8 Å². The minimum Gasteiger partial charge on any atom is -0.467 e. The van der Waals surface area contributed by atoms with Crippen LogP contribution in [-0.2, 0) is 44.6 Å². The Morgan fingerprint density at radius 2 is 1.61 bits per heavy atom. The van der Waals surface area contributed by atoms with Gasteiger partial charge in [0.15, 0.2) is 0 Å². The Balaban J connectivity index is 2.27. The number of nitrogens with one attached hydrogen (secondary N) is 3. The summed E-state index contributed by atoms with van der Waals surface area (Å²) in [6, 6.07) is 6.85. The van der Waals surface area contributed by atoms with Crippen molar-refractivity contribution >= 4 is 29.6 Å². The largest absolute Gasteiger partial charge is 0.467 e. The number of likely N-dealkylation sites (N-methyl/N-ethyl adjacent to an activating group) is 1. The van der Waals surface area contributed by atoms with Crippen LogP contribution in [0.2, 0.25) is 0 Å². The Bertz CT molecular complexity index is 1360. The third-order valence-electron chi connectivity index (χ3n) is 10.9. The number of hydrogen-bond donors (Lipinski definition) is 3. The van der Waals surface area contributed by atoms with Crippen LogP contribution in [0.3, 0.4) is 0 Å². The Labute approximate surface area is 324 Å². The number of esters is 1. The van der Waals surface area contributed by atoms with Gasteiger partial charge in [0.05, 0.1) is 49.3 Å². The van der Waals surface area contributed by atoms with Gasteiger partial charge in [-0.05, 0) is 57.1 Å². The zero-order chi connectivity index (χ0) is 40.7. The fraction of sp³-hybridized carbons (Fsp3) is 0.732. The first-order chi connectivity index (χ1) is 25.5. The Kier molecular flexibility index (Phi) is 19.1. The molecule has 306 valence electrons. The molecule has 1 aromatic carbocycles. The van der Waals surface area contributed by atoms with Crippen LogP contribution < -0.4 is 16.0 Å². The molecule has 1 aliphatic rings. The van der Waals surface area contributed by atoms with Crippen LogP contribution in [0.1, 0.15) is 93.1 Å². The molecule has 0 radical (unpaired) electrons. The highest BCUT2D eigenvalue weighted by Crippen LogP contribution is 2.30. The lowest BCUT2D eigenvalue weighted by Crippen LogP contribution is -2.61. The molecule has 13 heteroatoms. The summed E-state index contributed by atoms with van der Waals surface area (Å²) in [7, 11) is 6.09. The second-order valence-corrected chi connectivity index (χ2v) is 15.6.